The summed E-state index contributed by atoms with van der Waals surface area (Å²) in [5.41, 5.74) is 1.92. The summed E-state index contributed by atoms with van der Waals surface area (Å²) in [7, 11) is -2.36. The molecule has 3 aromatic rings. The summed E-state index contributed by atoms with van der Waals surface area (Å²) in [5.74, 6) is -0.232. The Bertz CT molecular complexity index is 1080. The van der Waals surface area contributed by atoms with Gasteiger partial charge in [-0.1, -0.05) is 23.8 Å². The number of hydrogen-bond donors (Lipinski definition) is 1. The molecule has 27 heavy (non-hydrogen) atoms. The van der Waals surface area contributed by atoms with Crippen LogP contribution in [0.4, 0.5) is 0 Å². The van der Waals surface area contributed by atoms with Gasteiger partial charge >= 0.3 is 5.97 Å². The minimum absolute atomic E-state index is 0.0287. The Morgan fingerprint density at radius 1 is 1.15 bits per heavy atom. The topological polar surface area (TPSA) is 111 Å². The van der Waals surface area contributed by atoms with Crippen molar-refractivity contribution in [1.29, 1.82) is 0 Å². The number of nitrogens with one attached hydrogen (secondary N) is 1. The van der Waals surface area contributed by atoms with E-state index in [1.807, 2.05) is 31.2 Å². The molecule has 0 atom stereocenters. The first kappa shape index (κ1) is 18.7. The molecule has 3 rings (SSSR count). The Morgan fingerprint density at radius 2 is 1.93 bits per heavy atom. The third kappa shape index (κ3) is 4.39. The zero-order valence-corrected chi connectivity index (χ0v) is 15.5. The van der Waals surface area contributed by atoms with Gasteiger partial charge in [0.15, 0.2) is 6.61 Å². The molecule has 0 aliphatic heterocycles. The zero-order chi connectivity index (χ0) is 19.4. The van der Waals surface area contributed by atoms with E-state index in [1.54, 1.807) is 0 Å². The quantitative estimate of drug-likeness (QED) is 0.646. The maximum atomic E-state index is 12.2. The van der Waals surface area contributed by atoms with Gasteiger partial charge in [-0.3, -0.25) is 0 Å². The maximum absolute atomic E-state index is 12.2. The van der Waals surface area contributed by atoms with Crippen LogP contribution < -0.4 is 4.72 Å². The van der Waals surface area contributed by atoms with Crippen molar-refractivity contribution in [1.82, 2.24) is 14.9 Å². The number of aryl methyl sites for hydroxylation is 1. The highest BCUT2D eigenvalue weighted by atomic mass is 32.2. The number of aromatic nitrogens is 2. The average molecular weight is 387 g/mol. The molecule has 1 aromatic heterocycles. The van der Waals surface area contributed by atoms with Gasteiger partial charge in [-0.05, 0) is 44.3 Å². The molecule has 0 fully saturated rings. The first-order valence-corrected chi connectivity index (χ1v) is 9.47. The van der Waals surface area contributed by atoms with Gasteiger partial charge in [0.2, 0.25) is 15.9 Å². The molecule has 0 spiro atoms. The second-order valence-electron chi connectivity index (χ2n) is 5.68. The van der Waals surface area contributed by atoms with Crippen molar-refractivity contribution >= 4 is 16.0 Å². The lowest BCUT2D eigenvalue weighted by Gasteiger charge is -2.05. The molecule has 0 radical (unpaired) electrons. The number of esters is 1. The summed E-state index contributed by atoms with van der Waals surface area (Å²) in [5, 5.41) is 7.80. The fourth-order valence-electron chi connectivity index (χ4n) is 2.33. The second kappa shape index (κ2) is 7.68. The van der Waals surface area contributed by atoms with Crippen molar-refractivity contribution in [3.8, 4) is 11.5 Å². The maximum Gasteiger partial charge on any atom is 0.338 e. The summed E-state index contributed by atoms with van der Waals surface area (Å²) < 4.78 is 36.5. The molecule has 0 saturated carbocycles. The molecule has 140 valence electrons. The van der Waals surface area contributed by atoms with Crippen LogP contribution in [-0.2, 0) is 21.4 Å². The number of benzene rings is 2. The lowest BCUT2D eigenvalue weighted by Crippen LogP contribution is -2.19. The second-order valence-corrected chi connectivity index (χ2v) is 7.57. The van der Waals surface area contributed by atoms with Crippen LogP contribution in [-0.4, -0.2) is 31.6 Å². The van der Waals surface area contributed by atoms with Gasteiger partial charge in [-0.2, -0.15) is 0 Å². The zero-order valence-electron chi connectivity index (χ0n) is 14.7. The monoisotopic (exact) mass is 387 g/mol. The van der Waals surface area contributed by atoms with E-state index in [1.165, 1.54) is 31.3 Å². The smallest absolute Gasteiger partial charge is 0.338 e. The van der Waals surface area contributed by atoms with Gasteiger partial charge in [0.05, 0.1) is 10.5 Å². The molecule has 9 heteroatoms. The lowest BCUT2D eigenvalue weighted by atomic mass is 10.1. The molecule has 1 heterocycles. The van der Waals surface area contributed by atoms with E-state index in [-0.39, 0.29) is 23.0 Å². The highest BCUT2D eigenvalue weighted by Crippen LogP contribution is 2.19. The molecule has 0 amide bonds. The third-order valence-corrected chi connectivity index (χ3v) is 5.12. The predicted molar refractivity (Wildman–Crippen MR) is 96.3 cm³/mol. The van der Waals surface area contributed by atoms with Crippen molar-refractivity contribution in [2.24, 2.45) is 0 Å². The third-order valence-electron chi connectivity index (χ3n) is 3.71. The normalized spacial score (nSPS) is 11.3. The van der Waals surface area contributed by atoms with Gasteiger partial charge in [0.1, 0.15) is 0 Å². The summed E-state index contributed by atoms with van der Waals surface area (Å²) in [6.45, 7) is 1.73. The molecule has 0 bridgehead atoms. The van der Waals surface area contributed by atoms with Crippen LogP contribution >= 0.6 is 0 Å². The lowest BCUT2D eigenvalue weighted by molar-refractivity contribution is 0.0438. The molecule has 2 aromatic carbocycles. The number of ether oxygens (including phenoxy) is 1. The van der Waals surface area contributed by atoms with E-state index in [2.05, 4.69) is 14.9 Å². The number of carbonyl (C=O) groups is 1. The Morgan fingerprint density at radius 3 is 2.67 bits per heavy atom. The minimum Gasteiger partial charge on any atom is -0.452 e. The van der Waals surface area contributed by atoms with E-state index in [0.29, 0.717) is 5.89 Å². The SMILES string of the molecule is CNS(=O)(=O)c1cccc(C(=O)OCc2nnc(-c3cccc(C)c3)o2)c1. The van der Waals surface area contributed by atoms with E-state index in [0.717, 1.165) is 11.1 Å². The van der Waals surface area contributed by atoms with Crippen LogP contribution in [0.3, 0.4) is 0 Å². The summed E-state index contributed by atoms with van der Waals surface area (Å²) >= 11 is 0. The van der Waals surface area contributed by atoms with Gasteiger partial charge in [0.25, 0.3) is 5.89 Å². The Hall–Kier alpha value is -3.04. The van der Waals surface area contributed by atoms with Gasteiger partial charge < -0.3 is 9.15 Å². The first-order valence-electron chi connectivity index (χ1n) is 7.99. The van der Waals surface area contributed by atoms with Crippen molar-refractivity contribution in [2.45, 2.75) is 18.4 Å². The van der Waals surface area contributed by atoms with E-state index in [9.17, 15) is 13.2 Å². The summed E-state index contributed by atoms with van der Waals surface area (Å²) in [4.78, 5) is 12.2. The number of carbonyl (C=O) groups excluding carboxylic acids is 1. The minimum atomic E-state index is -3.65. The number of sulfonamides is 1. The van der Waals surface area contributed by atoms with Crippen LogP contribution in [0.15, 0.2) is 57.8 Å². The van der Waals surface area contributed by atoms with E-state index in [4.69, 9.17) is 9.15 Å². The largest absolute Gasteiger partial charge is 0.452 e. The fraction of sp³-hybridized carbons (Fsp3) is 0.167. The van der Waals surface area contributed by atoms with Crippen molar-refractivity contribution in [3.05, 3.63) is 65.5 Å². The number of hydrogen-bond acceptors (Lipinski definition) is 7. The molecule has 0 unspecified atom stereocenters. The molecule has 0 aliphatic rings. The van der Waals surface area contributed by atoms with Crippen LogP contribution in [0.25, 0.3) is 11.5 Å². The van der Waals surface area contributed by atoms with E-state index >= 15 is 0 Å². The average Bonchev–Trinajstić information content (AvgIpc) is 3.15. The standard InChI is InChI=1S/C18H17N3O5S/c1-12-5-3-6-13(9-12)17-21-20-16(26-17)11-25-18(22)14-7-4-8-15(10-14)27(23,24)19-2/h3-10,19H,11H2,1-2H3. The molecule has 0 saturated heterocycles. The highest BCUT2D eigenvalue weighted by molar-refractivity contribution is 7.89. The summed E-state index contributed by atoms with van der Waals surface area (Å²) in [6, 6.07) is 13.1. The van der Waals surface area contributed by atoms with Crippen molar-refractivity contribution in [2.75, 3.05) is 7.05 Å². The van der Waals surface area contributed by atoms with Gasteiger partial charge in [0, 0.05) is 5.56 Å². The number of nitrogens with zero attached hydrogens (tertiary/aromatic N) is 2. The van der Waals surface area contributed by atoms with Crippen molar-refractivity contribution < 1.29 is 22.4 Å². The first-order chi connectivity index (χ1) is 12.9. The fourth-order valence-corrected chi connectivity index (χ4v) is 3.10. The molecule has 1 N–H and O–H groups in total. The molecular formula is C18H17N3O5S. The molecule has 8 nitrogen and oxygen atoms in total. The van der Waals surface area contributed by atoms with Crippen LogP contribution in [0.2, 0.25) is 0 Å². The molecule has 0 aliphatic carbocycles. The Balaban J connectivity index is 1.69. The number of rotatable bonds is 6. The van der Waals surface area contributed by atoms with E-state index < -0.39 is 16.0 Å². The van der Waals surface area contributed by atoms with Gasteiger partial charge in [-0.15, -0.1) is 10.2 Å². The van der Waals surface area contributed by atoms with Crippen LogP contribution in [0, 0.1) is 6.92 Å². The van der Waals surface area contributed by atoms with Crippen LogP contribution in [0.1, 0.15) is 21.8 Å². The van der Waals surface area contributed by atoms with Crippen LogP contribution in [0.5, 0.6) is 0 Å². The molecular weight excluding hydrogens is 370 g/mol. The Kier molecular flexibility index (Phi) is 5.33. The summed E-state index contributed by atoms with van der Waals surface area (Å²) in [6.07, 6.45) is 0. The van der Waals surface area contributed by atoms with Gasteiger partial charge in [-0.25, -0.2) is 17.9 Å². The highest BCUT2D eigenvalue weighted by Gasteiger charge is 2.16. The van der Waals surface area contributed by atoms with Crippen molar-refractivity contribution in [3.63, 3.8) is 0 Å². The Labute approximate surface area is 156 Å². The predicted octanol–water partition coefficient (Wildman–Crippen LogP) is 2.31.